The number of anilines is 1. The lowest BCUT2D eigenvalue weighted by atomic mass is 10.1. The number of carbonyl (C=O) groups is 1. The van der Waals surface area contributed by atoms with Crippen LogP contribution in [0.3, 0.4) is 0 Å². The highest BCUT2D eigenvalue weighted by atomic mass is 16.2. The van der Waals surface area contributed by atoms with Crippen molar-refractivity contribution in [3.05, 3.63) is 76.6 Å². The summed E-state index contributed by atoms with van der Waals surface area (Å²) in [7, 11) is 0. The van der Waals surface area contributed by atoms with Crippen molar-refractivity contribution in [1.29, 1.82) is 0 Å². The Kier molecular flexibility index (Phi) is 3.74. The summed E-state index contributed by atoms with van der Waals surface area (Å²) in [6, 6.07) is 18.4. The molecule has 0 aliphatic heterocycles. The van der Waals surface area contributed by atoms with Crippen LogP contribution in [-0.4, -0.2) is 17.4 Å². The molecule has 3 aromatic rings. The van der Waals surface area contributed by atoms with Gasteiger partial charge in [0, 0.05) is 17.7 Å². The molecule has 0 radical (unpaired) electrons. The lowest BCUT2D eigenvalue weighted by molar-refractivity contribution is 0.0987. The van der Waals surface area contributed by atoms with Gasteiger partial charge in [-0.05, 0) is 36.6 Å². The summed E-state index contributed by atoms with van der Waals surface area (Å²) < 4.78 is 0. The van der Waals surface area contributed by atoms with Crippen molar-refractivity contribution >= 4 is 22.5 Å². The van der Waals surface area contributed by atoms with Crippen LogP contribution in [0.2, 0.25) is 0 Å². The minimum Gasteiger partial charge on any atom is -0.321 e. The van der Waals surface area contributed by atoms with E-state index < -0.39 is 0 Å². The maximum Gasteiger partial charge on any atom is 0.263 e. The summed E-state index contributed by atoms with van der Waals surface area (Å²) >= 11 is 0. The van der Waals surface area contributed by atoms with Crippen LogP contribution >= 0.6 is 0 Å². The van der Waals surface area contributed by atoms with Gasteiger partial charge >= 0.3 is 0 Å². The van der Waals surface area contributed by atoms with Gasteiger partial charge in [0.05, 0.1) is 0 Å². The topological polar surface area (TPSA) is 53.2 Å². The number of aromatic amines is 1. The summed E-state index contributed by atoms with van der Waals surface area (Å²) in [5.74, 6) is -0.291. The summed E-state index contributed by atoms with van der Waals surface area (Å²) in [5, 5.41) is 0.842. The molecule has 0 bridgehead atoms. The van der Waals surface area contributed by atoms with Gasteiger partial charge in [-0.15, -0.1) is 0 Å². The van der Waals surface area contributed by atoms with E-state index in [4.69, 9.17) is 0 Å². The Morgan fingerprint density at radius 2 is 1.73 bits per heavy atom. The predicted molar refractivity (Wildman–Crippen MR) is 88.4 cm³/mol. The minimum atomic E-state index is -0.363. The summed E-state index contributed by atoms with van der Waals surface area (Å²) in [6.45, 7) is 2.38. The highest BCUT2D eigenvalue weighted by Gasteiger charge is 2.19. The summed E-state index contributed by atoms with van der Waals surface area (Å²) in [6.07, 6.45) is 0. The van der Waals surface area contributed by atoms with Crippen LogP contribution in [0, 0.1) is 0 Å². The molecule has 110 valence electrons. The molecule has 0 spiro atoms. The van der Waals surface area contributed by atoms with Crippen LogP contribution in [0.5, 0.6) is 0 Å². The second-order valence-electron chi connectivity index (χ2n) is 4.98. The van der Waals surface area contributed by atoms with Crippen molar-refractivity contribution in [2.24, 2.45) is 0 Å². The van der Waals surface area contributed by atoms with E-state index >= 15 is 0 Å². The van der Waals surface area contributed by atoms with E-state index in [0.717, 1.165) is 16.6 Å². The van der Waals surface area contributed by atoms with Crippen LogP contribution in [0.25, 0.3) is 10.9 Å². The normalized spacial score (nSPS) is 10.6. The molecule has 4 heteroatoms. The first-order valence-electron chi connectivity index (χ1n) is 7.19. The molecule has 0 saturated carbocycles. The first kappa shape index (κ1) is 14.1. The SMILES string of the molecule is CCN(C(=O)c1cc2ccccc2[nH]c1=O)c1ccccc1. The molecule has 1 amide bonds. The van der Waals surface area contributed by atoms with Gasteiger partial charge in [0.25, 0.3) is 11.5 Å². The Labute approximate surface area is 128 Å². The monoisotopic (exact) mass is 292 g/mol. The number of nitrogens with zero attached hydrogens (tertiary/aromatic N) is 1. The Morgan fingerprint density at radius 1 is 1.05 bits per heavy atom. The lowest BCUT2D eigenvalue weighted by Gasteiger charge is -2.20. The molecule has 3 rings (SSSR count). The molecule has 0 atom stereocenters. The van der Waals surface area contributed by atoms with E-state index in [1.54, 1.807) is 11.0 Å². The maximum absolute atomic E-state index is 12.7. The first-order valence-corrected chi connectivity index (χ1v) is 7.19. The zero-order valence-corrected chi connectivity index (χ0v) is 12.2. The molecule has 0 unspecified atom stereocenters. The number of fused-ring (bicyclic) bond motifs is 1. The molecule has 22 heavy (non-hydrogen) atoms. The van der Waals surface area contributed by atoms with Crippen LogP contribution < -0.4 is 10.5 Å². The van der Waals surface area contributed by atoms with Crippen molar-refractivity contribution in [2.75, 3.05) is 11.4 Å². The Hall–Kier alpha value is -2.88. The van der Waals surface area contributed by atoms with Crippen molar-refractivity contribution < 1.29 is 4.79 Å². The van der Waals surface area contributed by atoms with Gasteiger partial charge in [0.1, 0.15) is 5.56 Å². The predicted octanol–water partition coefficient (Wildman–Crippen LogP) is 3.19. The third-order valence-electron chi connectivity index (χ3n) is 3.61. The fourth-order valence-corrected chi connectivity index (χ4v) is 2.50. The molecule has 0 aliphatic rings. The van der Waals surface area contributed by atoms with E-state index in [-0.39, 0.29) is 17.0 Å². The quantitative estimate of drug-likeness (QED) is 0.806. The molecule has 1 N–H and O–H groups in total. The van der Waals surface area contributed by atoms with Gasteiger partial charge in [-0.25, -0.2) is 0 Å². The van der Waals surface area contributed by atoms with E-state index in [2.05, 4.69) is 4.98 Å². The van der Waals surface area contributed by atoms with Crippen LogP contribution in [0.4, 0.5) is 5.69 Å². The van der Waals surface area contributed by atoms with Gasteiger partial charge < -0.3 is 9.88 Å². The summed E-state index contributed by atoms with van der Waals surface area (Å²) in [4.78, 5) is 29.3. The van der Waals surface area contributed by atoms with Crippen molar-refractivity contribution in [3.63, 3.8) is 0 Å². The van der Waals surface area contributed by atoms with Gasteiger partial charge in [-0.1, -0.05) is 36.4 Å². The van der Waals surface area contributed by atoms with Crippen molar-refractivity contribution in [2.45, 2.75) is 6.92 Å². The molecule has 4 nitrogen and oxygen atoms in total. The molecular weight excluding hydrogens is 276 g/mol. The number of hydrogen-bond donors (Lipinski definition) is 1. The number of H-pyrrole nitrogens is 1. The van der Waals surface area contributed by atoms with Crippen LogP contribution in [0.1, 0.15) is 17.3 Å². The Morgan fingerprint density at radius 3 is 2.45 bits per heavy atom. The van der Waals surface area contributed by atoms with E-state index in [1.807, 2.05) is 61.5 Å². The third-order valence-corrected chi connectivity index (χ3v) is 3.61. The smallest absolute Gasteiger partial charge is 0.263 e. The molecule has 0 saturated heterocycles. The van der Waals surface area contributed by atoms with Crippen LogP contribution in [-0.2, 0) is 0 Å². The third kappa shape index (κ3) is 2.51. The molecular formula is C18H16N2O2. The maximum atomic E-state index is 12.7. The number of amides is 1. The second-order valence-corrected chi connectivity index (χ2v) is 4.98. The Bertz CT molecular complexity index is 869. The highest BCUT2D eigenvalue weighted by molar-refractivity contribution is 6.07. The van der Waals surface area contributed by atoms with Crippen LogP contribution in [0.15, 0.2) is 65.5 Å². The van der Waals surface area contributed by atoms with Gasteiger partial charge in [-0.2, -0.15) is 0 Å². The average Bonchev–Trinajstić information content (AvgIpc) is 2.55. The van der Waals surface area contributed by atoms with E-state index in [9.17, 15) is 9.59 Å². The molecule has 0 fully saturated rings. The first-order chi connectivity index (χ1) is 10.7. The fraction of sp³-hybridized carbons (Fsp3) is 0.111. The minimum absolute atomic E-state index is 0.157. The van der Waals surface area contributed by atoms with Crippen molar-refractivity contribution in [1.82, 2.24) is 4.98 Å². The van der Waals surface area contributed by atoms with E-state index in [1.165, 1.54) is 0 Å². The number of hydrogen-bond acceptors (Lipinski definition) is 2. The van der Waals surface area contributed by atoms with Gasteiger partial charge in [0.15, 0.2) is 0 Å². The molecule has 1 aromatic heterocycles. The summed E-state index contributed by atoms with van der Waals surface area (Å²) in [5.41, 5.74) is 1.30. The number of carbonyl (C=O) groups excluding carboxylic acids is 1. The average molecular weight is 292 g/mol. The van der Waals surface area contributed by atoms with E-state index in [0.29, 0.717) is 6.54 Å². The Balaban J connectivity index is 2.08. The number of benzene rings is 2. The largest absolute Gasteiger partial charge is 0.321 e. The zero-order valence-electron chi connectivity index (χ0n) is 12.2. The molecule has 2 aromatic carbocycles. The molecule has 1 heterocycles. The fourth-order valence-electron chi connectivity index (χ4n) is 2.50. The van der Waals surface area contributed by atoms with Gasteiger partial charge in [0.2, 0.25) is 0 Å². The number of rotatable bonds is 3. The second kappa shape index (κ2) is 5.85. The lowest BCUT2D eigenvalue weighted by Crippen LogP contribution is -2.34. The number of aromatic nitrogens is 1. The van der Waals surface area contributed by atoms with Gasteiger partial charge in [-0.3, -0.25) is 9.59 Å². The highest BCUT2D eigenvalue weighted by Crippen LogP contribution is 2.17. The number of para-hydroxylation sites is 2. The van der Waals surface area contributed by atoms with Crippen molar-refractivity contribution in [3.8, 4) is 0 Å². The number of nitrogens with one attached hydrogen (secondary N) is 1. The number of pyridine rings is 1. The standard InChI is InChI=1S/C18H16N2O2/c1-2-20(14-9-4-3-5-10-14)18(22)15-12-13-8-6-7-11-16(13)19-17(15)21/h3-12H,2H2,1H3,(H,19,21). The zero-order chi connectivity index (χ0) is 15.5. The molecule has 0 aliphatic carbocycles.